The van der Waals surface area contributed by atoms with Gasteiger partial charge in [0.1, 0.15) is 40.5 Å². The topological polar surface area (TPSA) is 132 Å². The number of ether oxygens (including phenoxy) is 2. The van der Waals surface area contributed by atoms with Crippen molar-refractivity contribution < 1.29 is 23.4 Å². The molecule has 0 aliphatic carbocycles. The Hall–Kier alpha value is -4.20. The summed E-state index contributed by atoms with van der Waals surface area (Å²) in [6.07, 6.45) is 2.21. The van der Waals surface area contributed by atoms with E-state index in [4.69, 9.17) is 19.6 Å². The van der Waals surface area contributed by atoms with Crippen LogP contribution in [0.25, 0.3) is 28.1 Å². The minimum absolute atomic E-state index is 0.235. The van der Waals surface area contributed by atoms with Gasteiger partial charge in [-0.15, -0.1) is 0 Å². The molecule has 0 saturated carbocycles. The molecule has 0 unspecified atom stereocenters. The van der Waals surface area contributed by atoms with Crippen LogP contribution in [-0.4, -0.2) is 92.3 Å². The maximum atomic E-state index is 14.9. The zero-order chi connectivity index (χ0) is 27.2. The first-order valence-corrected chi connectivity index (χ1v) is 13.3. The number of imidazole rings is 1. The van der Waals surface area contributed by atoms with Crippen LogP contribution in [0.15, 0.2) is 53.4 Å². The van der Waals surface area contributed by atoms with E-state index >= 15 is 0 Å². The maximum Gasteiger partial charge on any atom is 0.223 e. The molecule has 6 heterocycles. The van der Waals surface area contributed by atoms with Crippen molar-refractivity contribution in [2.75, 3.05) is 56.6 Å². The van der Waals surface area contributed by atoms with Crippen LogP contribution in [0.4, 0.5) is 16.0 Å². The molecule has 2 aliphatic rings. The molecule has 5 aromatic rings. The number of nitrogens with two attached hydrogens (primary N) is 1. The Morgan fingerprint density at radius 3 is 2.73 bits per heavy atom. The van der Waals surface area contributed by atoms with Crippen LogP contribution >= 0.6 is 0 Å². The maximum absolute atomic E-state index is 14.9. The predicted molar refractivity (Wildman–Crippen MR) is 145 cm³/mol. The molecule has 0 spiro atoms. The van der Waals surface area contributed by atoms with Crippen molar-refractivity contribution in [2.45, 2.75) is 18.8 Å². The molecule has 7 rings (SSSR count). The number of fused-ring (bicyclic) bond motifs is 3. The standard InChI is InChI=1S/C27H29FN8O4/c28-18-12-17(40-24-15-38-14-22(24)37)3-4-20(18)34-8-5-33(6-9-34)7-10-35-16-30-25-21-13-19(23-2-1-11-39-23)32-36(21)27(29)31-26(25)35/h1-4,11-13,16,22,24,37H,5-10,14-15H2,(H2,29,31)/t22-,24-/m1/s1. The summed E-state index contributed by atoms with van der Waals surface area (Å²) in [4.78, 5) is 13.6. The molecule has 2 atom stereocenters. The minimum Gasteiger partial charge on any atom is -0.485 e. The van der Waals surface area contributed by atoms with E-state index in [0.717, 1.165) is 30.7 Å². The van der Waals surface area contributed by atoms with Gasteiger partial charge in [0.05, 0.1) is 31.5 Å². The fourth-order valence-corrected chi connectivity index (χ4v) is 5.35. The summed E-state index contributed by atoms with van der Waals surface area (Å²) in [7, 11) is 0. The van der Waals surface area contributed by atoms with Gasteiger partial charge in [-0.3, -0.25) is 4.90 Å². The summed E-state index contributed by atoms with van der Waals surface area (Å²) < 4.78 is 34.9. The van der Waals surface area contributed by atoms with Gasteiger partial charge in [0, 0.05) is 45.3 Å². The number of nitrogen functional groups attached to an aromatic ring is 1. The molecule has 0 radical (unpaired) electrons. The van der Waals surface area contributed by atoms with Crippen molar-refractivity contribution in [3.05, 3.63) is 54.8 Å². The molecule has 0 amide bonds. The first-order valence-electron chi connectivity index (χ1n) is 13.3. The van der Waals surface area contributed by atoms with Gasteiger partial charge in [0.2, 0.25) is 5.95 Å². The largest absolute Gasteiger partial charge is 0.485 e. The Morgan fingerprint density at radius 2 is 1.98 bits per heavy atom. The van der Waals surface area contributed by atoms with Gasteiger partial charge in [-0.05, 0) is 30.3 Å². The van der Waals surface area contributed by atoms with Gasteiger partial charge in [-0.1, -0.05) is 0 Å². The lowest BCUT2D eigenvalue weighted by atomic mass is 10.2. The number of piperazine rings is 1. The first-order chi connectivity index (χ1) is 19.5. The molecule has 4 aromatic heterocycles. The van der Waals surface area contributed by atoms with Gasteiger partial charge in [0.25, 0.3) is 0 Å². The van der Waals surface area contributed by atoms with Gasteiger partial charge in [-0.25, -0.2) is 9.37 Å². The van der Waals surface area contributed by atoms with Crippen molar-refractivity contribution in [1.29, 1.82) is 0 Å². The quantitative estimate of drug-likeness (QED) is 0.311. The molecule has 2 saturated heterocycles. The molecule has 208 valence electrons. The van der Waals surface area contributed by atoms with Crippen LogP contribution < -0.4 is 15.4 Å². The average molecular weight is 549 g/mol. The van der Waals surface area contributed by atoms with Crippen LogP contribution in [0.2, 0.25) is 0 Å². The fourth-order valence-electron chi connectivity index (χ4n) is 5.35. The smallest absolute Gasteiger partial charge is 0.223 e. The van der Waals surface area contributed by atoms with Gasteiger partial charge >= 0.3 is 0 Å². The van der Waals surface area contributed by atoms with Crippen LogP contribution in [-0.2, 0) is 11.3 Å². The van der Waals surface area contributed by atoms with E-state index in [0.29, 0.717) is 54.8 Å². The average Bonchev–Trinajstić information content (AvgIpc) is 3.76. The van der Waals surface area contributed by atoms with E-state index in [2.05, 4.69) is 20.0 Å². The highest BCUT2D eigenvalue weighted by Crippen LogP contribution is 2.28. The lowest BCUT2D eigenvalue weighted by molar-refractivity contribution is 0.0731. The molecular weight excluding hydrogens is 519 g/mol. The third-order valence-electron chi connectivity index (χ3n) is 7.55. The third kappa shape index (κ3) is 4.51. The summed E-state index contributed by atoms with van der Waals surface area (Å²) in [6.45, 7) is 5.02. The number of aliphatic hydroxyl groups excluding tert-OH is 1. The summed E-state index contributed by atoms with van der Waals surface area (Å²) in [5.74, 6) is 0.982. The molecule has 40 heavy (non-hydrogen) atoms. The highest BCUT2D eigenvalue weighted by atomic mass is 19.1. The fraction of sp³-hybridized carbons (Fsp3) is 0.370. The summed E-state index contributed by atoms with van der Waals surface area (Å²) in [5.41, 5.74) is 9.66. The summed E-state index contributed by atoms with van der Waals surface area (Å²) >= 11 is 0. The van der Waals surface area contributed by atoms with E-state index in [1.165, 1.54) is 6.07 Å². The number of nitrogens with zero attached hydrogens (tertiary/aromatic N) is 7. The monoisotopic (exact) mass is 548 g/mol. The van der Waals surface area contributed by atoms with E-state index in [-0.39, 0.29) is 18.4 Å². The molecule has 12 nitrogen and oxygen atoms in total. The molecule has 3 N–H and O–H groups in total. The zero-order valence-electron chi connectivity index (χ0n) is 21.7. The van der Waals surface area contributed by atoms with Gasteiger partial charge in [0.15, 0.2) is 11.4 Å². The number of hydrogen-bond donors (Lipinski definition) is 2. The highest BCUT2D eigenvalue weighted by Gasteiger charge is 2.28. The van der Waals surface area contributed by atoms with Crippen molar-refractivity contribution in [1.82, 2.24) is 29.0 Å². The molecule has 2 fully saturated rings. The Kier molecular flexibility index (Phi) is 6.25. The van der Waals surface area contributed by atoms with Crippen LogP contribution in [0.5, 0.6) is 5.75 Å². The minimum atomic E-state index is -0.698. The number of furan rings is 1. The first kappa shape index (κ1) is 24.8. The predicted octanol–water partition coefficient (Wildman–Crippen LogP) is 2.02. The van der Waals surface area contributed by atoms with Gasteiger partial charge in [-0.2, -0.15) is 14.6 Å². The number of hydrogen-bond acceptors (Lipinski definition) is 10. The Balaban J connectivity index is 0.990. The highest BCUT2D eigenvalue weighted by molar-refractivity contribution is 5.90. The number of anilines is 2. The number of aromatic nitrogens is 5. The van der Waals surface area contributed by atoms with E-state index < -0.39 is 12.2 Å². The Labute approximate surface area is 228 Å². The molecular formula is C27H29FN8O4. The lowest BCUT2D eigenvalue weighted by Gasteiger charge is -2.36. The summed E-state index contributed by atoms with van der Waals surface area (Å²) in [6, 6.07) is 10.4. The van der Waals surface area contributed by atoms with Crippen molar-refractivity contribution in [3.63, 3.8) is 0 Å². The second-order valence-electron chi connectivity index (χ2n) is 10.1. The molecule has 2 aliphatic heterocycles. The van der Waals surface area contributed by atoms with Crippen molar-refractivity contribution in [2.24, 2.45) is 0 Å². The Bertz CT molecular complexity index is 1640. The van der Waals surface area contributed by atoms with Crippen LogP contribution in [0.3, 0.4) is 0 Å². The zero-order valence-corrected chi connectivity index (χ0v) is 21.7. The number of benzene rings is 1. The van der Waals surface area contributed by atoms with Gasteiger partial charge < -0.3 is 34.2 Å². The van der Waals surface area contributed by atoms with E-state index in [9.17, 15) is 9.50 Å². The number of halogens is 1. The summed E-state index contributed by atoms with van der Waals surface area (Å²) in [5, 5.41) is 14.4. The lowest BCUT2D eigenvalue weighted by Crippen LogP contribution is -2.47. The van der Waals surface area contributed by atoms with E-state index in [1.54, 1.807) is 29.2 Å². The Morgan fingerprint density at radius 1 is 1.10 bits per heavy atom. The molecule has 13 heteroatoms. The number of rotatable bonds is 7. The number of aliphatic hydroxyl groups is 1. The normalized spacial score (nSPS) is 20.2. The molecule has 0 bridgehead atoms. The van der Waals surface area contributed by atoms with Crippen molar-refractivity contribution >= 4 is 28.3 Å². The van der Waals surface area contributed by atoms with E-state index in [1.807, 2.05) is 27.7 Å². The SMILES string of the molecule is Nc1nc2c(ncn2CCN2CCN(c3ccc(O[C@@H]4COC[C@H]4O)cc3F)CC2)c2cc(-c3ccco3)nn12. The second-order valence-corrected chi connectivity index (χ2v) is 10.1. The van der Waals surface area contributed by atoms with Crippen molar-refractivity contribution in [3.8, 4) is 17.2 Å². The second kappa shape index (κ2) is 10.1. The third-order valence-corrected chi connectivity index (χ3v) is 7.55. The molecule has 1 aromatic carbocycles. The van der Waals surface area contributed by atoms with Crippen LogP contribution in [0, 0.1) is 5.82 Å². The van der Waals surface area contributed by atoms with Crippen LogP contribution in [0.1, 0.15) is 0 Å².